The van der Waals surface area contributed by atoms with Crippen molar-refractivity contribution >= 4 is 35.1 Å². The van der Waals surface area contributed by atoms with Crippen LogP contribution in [-0.4, -0.2) is 12.8 Å². The Morgan fingerprint density at radius 1 is 0.931 bits per heavy atom. The first kappa shape index (κ1) is 21.0. The molecule has 1 N–H and O–H groups in total. The van der Waals surface area contributed by atoms with E-state index in [1.807, 2.05) is 31.2 Å². The Labute approximate surface area is 178 Å². The van der Waals surface area contributed by atoms with E-state index in [1.54, 1.807) is 30.5 Å². The van der Waals surface area contributed by atoms with Gasteiger partial charge in [-0.05, 0) is 72.6 Å². The van der Waals surface area contributed by atoms with Crippen LogP contribution in [-0.2, 0) is 6.61 Å². The molecule has 0 radical (unpaired) electrons. The highest BCUT2D eigenvalue weighted by Gasteiger charge is 2.07. The first-order valence-corrected chi connectivity index (χ1v) is 9.69. The zero-order chi connectivity index (χ0) is 20.6. The molecule has 3 rings (SSSR count). The molecule has 0 unspecified atom stereocenters. The predicted octanol–water partition coefficient (Wildman–Crippen LogP) is 6.56. The van der Waals surface area contributed by atoms with Crippen molar-refractivity contribution in [3.8, 4) is 11.5 Å². The molecule has 3 aromatic rings. The van der Waals surface area contributed by atoms with Gasteiger partial charge in [0.15, 0.2) is 11.5 Å². The number of hydrazone groups is 1. The van der Waals surface area contributed by atoms with Crippen molar-refractivity contribution in [3.05, 3.63) is 87.7 Å². The lowest BCUT2D eigenvalue weighted by atomic mass is 10.2. The summed E-state index contributed by atoms with van der Waals surface area (Å²) in [6.45, 7) is 2.73. The molecule has 0 aliphatic heterocycles. The van der Waals surface area contributed by atoms with Crippen LogP contribution < -0.4 is 14.9 Å². The maximum atomic E-state index is 12.9. The largest absolute Gasteiger partial charge is 0.490 e. The van der Waals surface area contributed by atoms with Crippen LogP contribution in [0.15, 0.2) is 65.8 Å². The van der Waals surface area contributed by atoms with Crippen molar-refractivity contribution in [1.29, 1.82) is 0 Å². The lowest BCUT2D eigenvalue weighted by molar-refractivity contribution is 0.269. The molecule has 0 saturated carbocycles. The van der Waals surface area contributed by atoms with E-state index in [0.29, 0.717) is 40.4 Å². The third kappa shape index (κ3) is 6.11. The maximum Gasteiger partial charge on any atom is 0.161 e. The molecule has 0 heterocycles. The SMILES string of the molecule is CCOc1cc(/C=N/Nc2ccc(F)cc2)ccc1OCc1ccc(Cl)c(Cl)c1. The topological polar surface area (TPSA) is 42.8 Å². The molecule has 0 fully saturated rings. The summed E-state index contributed by atoms with van der Waals surface area (Å²) in [5.74, 6) is 0.928. The molecular weight excluding hydrogens is 414 g/mol. The average Bonchev–Trinajstić information content (AvgIpc) is 2.71. The van der Waals surface area contributed by atoms with Crippen molar-refractivity contribution in [2.45, 2.75) is 13.5 Å². The highest BCUT2D eigenvalue weighted by atomic mass is 35.5. The van der Waals surface area contributed by atoms with Gasteiger partial charge in [0.1, 0.15) is 12.4 Å². The normalized spacial score (nSPS) is 10.9. The summed E-state index contributed by atoms with van der Waals surface area (Å²) in [6.07, 6.45) is 1.65. The second-order valence-corrected chi connectivity index (χ2v) is 6.87. The van der Waals surface area contributed by atoms with Crippen LogP contribution in [0.5, 0.6) is 11.5 Å². The minimum atomic E-state index is -0.294. The predicted molar refractivity (Wildman–Crippen MR) is 116 cm³/mol. The molecule has 7 heteroatoms. The number of ether oxygens (including phenoxy) is 2. The smallest absolute Gasteiger partial charge is 0.161 e. The van der Waals surface area contributed by atoms with Gasteiger partial charge in [-0.15, -0.1) is 0 Å². The molecule has 0 atom stereocenters. The standard InChI is InChI=1S/C22H19Cl2FN2O2/c1-2-28-22-12-15(13-26-27-18-7-5-17(25)6-8-18)4-10-21(22)29-14-16-3-9-19(23)20(24)11-16/h3-13,27H,2,14H2,1H3/b26-13+. The molecular formula is C22H19Cl2FN2O2. The van der Waals surface area contributed by atoms with Crippen LogP contribution >= 0.6 is 23.2 Å². The van der Waals surface area contributed by atoms with Gasteiger partial charge in [0.2, 0.25) is 0 Å². The second kappa shape index (κ2) is 10.1. The fourth-order valence-electron chi connectivity index (χ4n) is 2.49. The molecule has 0 saturated heterocycles. The van der Waals surface area contributed by atoms with Crippen molar-refractivity contribution < 1.29 is 13.9 Å². The number of nitrogens with zero attached hydrogens (tertiary/aromatic N) is 1. The van der Waals surface area contributed by atoms with E-state index >= 15 is 0 Å². The fraction of sp³-hybridized carbons (Fsp3) is 0.136. The molecule has 0 aliphatic carbocycles. The van der Waals surface area contributed by atoms with Gasteiger partial charge in [0.05, 0.1) is 28.6 Å². The van der Waals surface area contributed by atoms with Gasteiger partial charge in [-0.1, -0.05) is 29.3 Å². The van der Waals surface area contributed by atoms with Crippen LogP contribution in [0.25, 0.3) is 0 Å². The summed E-state index contributed by atoms with van der Waals surface area (Å²) in [6, 6.07) is 16.8. The Balaban J connectivity index is 1.67. The van der Waals surface area contributed by atoms with Crippen LogP contribution in [0.3, 0.4) is 0 Å². The van der Waals surface area contributed by atoms with E-state index in [0.717, 1.165) is 11.1 Å². The van der Waals surface area contributed by atoms with Gasteiger partial charge in [0.25, 0.3) is 0 Å². The van der Waals surface area contributed by atoms with Crippen molar-refractivity contribution in [2.24, 2.45) is 5.10 Å². The third-order valence-electron chi connectivity index (χ3n) is 3.90. The Morgan fingerprint density at radius 2 is 1.72 bits per heavy atom. The first-order valence-electron chi connectivity index (χ1n) is 8.93. The van der Waals surface area contributed by atoms with Gasteiger partial charge in [-0.25, -0.2) is 4.39 Å². The van der Waals surface area contributed by atoms with E-state index in [2.05, 4.69) is 10.5 Å². The Kier molecular flexibility index (Phi) is 7.33. The van der Waals surface area contributed by atoms with Crippen LogP contribution in [0.4, 0.5) is 10.1 Å². The van der Waals surface area contributed by atoms with Gasteiger partial charge in [-0.2, -0.15) is 5.10 Å². The van der Waals surface area contributed by atoms with Crippen LogP contribution in [0.1, 0.15) is 18.1 Å². The van der Waals surface area contributed by atoms with E-state index in [-0.39, 0.29) is 5.82 Å². The highest BCUT2D eigenvalue weighted by molar-refractivity contribution is 6.42. The van der Waals surface area contributed by atoms with E-state index in [1.165, 1.54) is 12.1 Å². The third-order valence-corrected chi connectivity index (χ3v) is 4.64. The van der Waals surface area contributed by atoms with E-state index in [4.69, 9.17) is 32.7 Å². The highest BCUT2D eigenvalue weighted by Crippen LogP contribution is 2.30. The summed E-state index contributed by atoms with van der Waals surface area (Å²) in [5.41, 5.74) is 5.26. The van der Waals surface area contributed by atoms with E-state index < -0.39 is 0 Å². The number of hydrogen-bond acceptors (Lipinski definition) is 4. The number of rotatable bonds is 8. The molecule has 0 amide bonds. The Morgan fingerprint density at radius 3 is 2.45 bits per heavy atom. The molecule has 3 aromatic carbocycles. The summed E-state index contributed by atoms with van der Waals surface area (Å²) in [5, 5.41) is 5.15. The fourth-order valence-corrected chi connectivity index (χ4v) is 2.81. The molecule has 4 nitrogen and oxygen atoms in total. The molecule has 0 spiro atoms. The molecule has 29 heavy (non-hydrogen) atoms. The quantitative estimate of drug-likeness (QED) is 0.323. The molecule has 150 valence electrons. The summed E-state index contributed by atoms with van der Waals surface area (Å²) in [7, 11) is 0. The number of benzene rings is 3. The summed E-state index contributed by atoms with van der Waals surface area (Å²) < 4.78 is 24.5. The van der Waals surface area contributed by atoms with E-state index in [9.17, 15) is 4.39 Å². The lowest BCUT2D eigenvalue weighted by Crippen LogP contribution is -2.01. The van der Waals surface area contributed by atoms with Gasteiger partial charge in [-0.3, -0.25) is 5.43 Å². The van der Waals surface area contributed by atoms with Crippen LogP contribution in [0, 0.1) is 5.82 Å². The summed E-state index contributed by atoms with van der Waals surface area (Å²) in [4.78, 5) is 0. The number of anilines is 1. The number of halogens is 3. The maximum absolute atomic E-state index is 12.9. The van der Waals surface area contributed by atoms with Crippen LogP contribution in [0.2, 0.25) is 10.0 Å². The summed E-state index contributed by atoms with van der Waals surface area (Å²) >= 11 is 12.0. The van der Waals surface area contributed by atoms with Gasteiger partial charge in [0, 0.05) is 0 Å². The van der Waals surface area contributed by atoms with Crippen molar-refractivity contribution in [3.63, 3.8) is 0 Å². The molecule has 0 aromatic heterocycles. The second-order valence-electron chi connectivity index (χ2n) is 6.05. The first-order chi connectivity index (χ1) is 14.0. The molecule has 0 aliphatic rings. The Hall–Kier alpha value is -2.76. The monoisotopic (exact) mass is 432 g/mol. The Bertz CT molecular complexity index is 995. The molecule has 0 bridgehead atoms. The number of hydrogen-bond donors (Lipinski definition) is 1. The van der Waals surface area contributed by atoms with Gasteiger partial charge >= 0.3 is 0 Å². The van der Waals surface area contributed by atoms with Crippen molar-refractivity contribution in [1.82, 2.24) is 0 Å². The lowest BCUT2D eigenvalue weighted by Gasteiger charge is -2.13. The zero-order valence-electron chi connectivity index (χ0n) is 15.7. The minimum Gasteiger partial charge on any atom is -0.490 e. The zero-order valence-corrected chi connectivity index (χ0v) is 17.2. The van der Waals surface area contributed by atoms with Crippen molar-refractivity contribution in [2.75, 3.05) is 12.0 Å². The minimum absolute atomic E-state index is 0.294. The average molecular weight is 433 g/mol. The van der Waals surface area contributed by atoms with Gasteiger partial charge < -0.3 is 9.47 Å². The number of nitrogens with one attached hydrogen (secondary N) is 1.